The van der Waals surface area contributed by atoms with Crippen molar-refractivity contribution in [3.8, 4) is 5.75 Å². The van der Waals surface area contributed by atoms with Crippen molar-refractivity contribution in [2.75, 3.05) is 14.2 Å². The minimum absolute atomic E-state index is 0.0194. The predicted molar refractivity (Wildman–Crippen MR) is 77.7 cm³/mol. The van der Waals surface area contributed by atoms with Crippen molar-refractivity contribution in [3.05, 3.63) is 29.8 Å². The quantitative estimate of drug-likeness (QED) is 0.769. The number of ether oxygens (including phenoxy) is 1. The van der Waals surface area contributed by atoms with Crippen LogP contribution >= 0.6 is 0 Å². The van der Waals surface area contributed by atoms with Gasteiger partial charge >= 0.3 is 0 Å². The molecule has 1 aromatic rings. The highest BCUT2D eigenvalue weighted by molar-refractivity contribution is 6.06. The molecule has 1 heterocycles. The van der Waals surface area contributed by atoms with Crippen LogP contribution in [0.5, 0.6) is 5.75 Å². The van der Waals surface area contributed by atoms with Gasteiger partial charge in [0.15, 0.2) is 0 Å². The van der Waals surface area contributed by atoms with Crippen molar-refractivity contribution in [2.45, 2.75) is 37.9 Å². The number of carbonyl (C=O) groups excluding carboxylic acids is 2. The molecule has 0 N–H and O–H groups in total. The molecule has 5 nitrogen and oxygen atoms in total. The molecular weight excluding hydrogens is 268 g/mol. The second kappa shape index (κ2) is 5.48. The van der Waals surface area contributed by atoms with Crippen molar-refractivity contribution in [2.24, 2.45) is 0 Å². The van der Waals surface area contributed by atoms with Crippen molar-refractivity contribution < 1.29 is 14.3 Å². The highest BCUT2D eigenvalue weighted by Crippen LogP contribution is 2.32. The molecule has 1 saturated heterocycles. The Labute approximate surface area is 124 Å². The molecule has 1 unspecified atom stereocenters. The number of amides is 2. The standard InChI is InChI=1S/C16H20N2O3/c1-17(10-11-3-7-13(21-2)8-4-11)14-9-15(19)18(16(14)20)12-5-6-12/h3-4,7-8,12,14H,5-6,9-10H2,1-2H3. The van der Waals surface area contributed by atoms with Gasteiger partial charge in [-0.05, 0) is 37.6 Å². The number of likely N-dealkylation sites (tertiary alicyclic amines) is 1. The first-order valence-corrected chi connectivity index (χ1v) is 7.29. The molecule has 21 heavy (non-hydrogen) atoms. The Hall–Kier alpha value is -1.88. The van der Waals surface area contributed by atoms with E-state index in [4.69, 9.17) is 4.74 Å². The summed E-state index contributed by atoms with van der Waals surface area (Å²) in [5, 5.41) is 0. The van der Waals surface area contributed by atoms with Crippen LogP contribution in [0.15, 0.2) is 24.3 Å². The van der Waals surface area contributed by atoms with Crippen LogP contribution in [0.1, 0.15) is 24.8 Å². The molecule has 1 saturated carbocycles. The summed E-state index contributed by atoms with van der Waals surface area (Å²) in [6.45, 7) is 0.645. The van der Waals surface area contributed by atoms with Crippen LogP contribution in [0, 0.1) is 0 Å². The van der Waals surface area contributed by atoms with Crippen molar-refractivity contribution >= 4 is 11.8 Å². The second-order valence-electron chi connectivity index (χ2n) is 5.82. The maximum Gasteiger partial charge on any atom is 0.247 e. The van der Waals surface area contributed by atoms with Gasteiger partial charge in [0, 0.05) is 12.6 Å². The molecule has 1 aromatic carbocycles. The lowest BCUT2D eigenvalue weighted by Crippen LogP contribution is -2.40. The fraction of sp³-hybridized carbons (Fsp3) is 0.500. The first-order valence-electron chi connectivity index (χ1n) is 7.29. The van der Waals surface area contributed by atoms with Gasteiger partial charge in [0.25, 0.3) is 0 Å². The lowest BCUT2D eigenvalue weighted by molar-refractivity contribution is -0.140. The summed E-state index contributed by atoms with van der Waals surface area (Å²) >= 11 is 0. The molecule has 1 aliphatic carbocycles. The lowest BCUT2D eigenvalue weighted by atomic mass is 10.1. The highest BCUT2D eigenvalue weighted by Gasteiger charge is 2.47. The third-order valence-corrected chi connectivity index (χ3v) is 4.19. The van der Waals surface area contributed by atoms with E-state index in [9.17, 15) is 9.59 Å². The van der Waals surface area contributed by atoms with Gasteiger partial charge in [-0.25, -0.2) is 0 Å². The normalized spacial score (nSPS) is 22.2. The third-order valence-electron chi connectivity index (χ3n) is 4.19. The number of hydrogen-bond acceptors (Lipinski definition) is 4. The molecule has 112 valence electrons. The van der Waals surface area contributed by atoms with Crippen molar-refractivity contribution in [1.29, 1.82) is 0 Å². The molecule has 2 aliphatic rings. The van der Waals surface area contributed by atoms with Gasteiger partial charge in [0.05, 0.1) is 19.6 Å². The van der Waals surface area contributed by atoms with E-state index in [1.54, 1.807) is 7.11 Å². The summed E-state index contributed by atoms with van der Waals surface area (Å²) in [5.41, 5.74) is 1.10. The third kappa shape index (κ3) is 2.78. The predicted octanol–water partition coefficient (Wildman–Crippen LogP) is 1.42. The van der Waals surface area contributed by atoms with Gasteiger partial charge < -0.3 is 4.74 Å². The first kappa shape index (κ1) is 14.1. The molecule has 2 amide bonds. The molecule has 0 bridgehead atoms. The number of benzene rings is 1. The van der Waals surface area contributed by atoms with Crippen LogP contribution in [0.3, 0.4) is 0 Å². The average molecular weight is 288 g/mol. The molecule has 2 fully saturated rings. The van der Waals surface area contributed by atoms with Gasteiger partial charge in [-0.1, -0.05) is 12.1 Å². The summed E-state index contributed by atoms with van der Waals surface area (Å²) < 4.78 is 5.13. The summed E-state index contributed by atoms with van der Waals surface area (Å²) in [5.74, 6) is 0.765. The van der Waals surface area contributed by atoms with Gasteiger partial charge in [0.1, 0.15) is 5.75 Å². The molecule has 1 atom stereocenters. The van der Waals surface area contributed by atoms with Gasteiger partial charge in [0.2, 0.25) is 11.8 Å². The van der Waals surface area contributed by atoms with Gasteiger partial charge in [-0.2, -0.15) is 0 Å². The second-order valence-corrected chi connectivity index (χ2v) is 5.82. The Balaban J connectivity index is 1.66. The van der Waals surface area contributed by atoms with Crippen LogP contribution in [0.2, 0.25) is 0 Å². The zero-order valence-electron chi connectivity index (χ0n) is 12.4. The molecule has 0 aromatic heterocycles. The van der Waals surface area contributed by atoms with Crippen LogP contribution in [0.4, 0.5) is 0 Å². The molecule has 1 aliphatic heterocycles. The first-order chi connectivity index (χ1) is 10.1. The van der Waals surface area contributed by atoms with Crippen LogP contribution in [0.25, 0.3) is 0 Å². The maximum absolute atomic E-state index is 12.4. The number of nitrogens with zero attached hydrogens (tertiary/aromatic N) is 2. The highest BCUT2D eigenvalue weighted by atomic mass is 16.5. The fourth-order valence-corrected chi connectivity index (χ4v) is 2.82. The Morgan fingerprint density at radius 2 is 1.90 bits per heavy atom. The van der Waals surface area contributed by atoms with Crippen LogP contribution in [-0.2, 0) is 16.1 Å². The van der Waals surface area contributed by atoms with E-state index in [-0.39, 0.29) is 23.9 Å². The van der Waals surface area contributed by atoms with E-state index in [1.165, 1.54) is 4.90 Å². The number of imide groups is 1. The van der Waals surface area contributed by atoms with E-state index in [0.29, 0.717) is 13.0 Å². The lowest BCUT2D eigenvalue weighted by Gasteiger charge is -2.23. The number of methoxy groups -OCH3 is 1. The van der Waals surface area contributed by atoms with Gasteiger partial charge in [-0.3, -0.25) is 19.4 Å². The minimum Gasteiger partial charge on any atom is -0.497 e. The van der Waals surface area contributed by atoms with Crippen LogP contribution in [-0.4, -0.2) is 47.9 Å². The monoisotopic (exact) mass is 288 g/mol. The van der Waals surface area contributed by atoms with E-state index < -0.39 is 0 Å². The zero-order chi connectivity index (χ0) is 15.0. The fourth-order valence-electron chi connectivity index (χ4n) is 2.82. The maximum atomic E-state index is 12.4. The molecule has 0 radical (unpaired) electrons. The number of likely N-dealkylation sites (N-methyl/N-ethyl adjacent to an activating group) is 1. The van der Waals surface area contributed by atoms with Crippen molar-refractivity contribution in [1.82, 2.24) is 9.80 Å². The van der Waals surface area contributed by atoms with E-state index in [1.807, 2.05) is 36.2 Å². The van der Waals surface area contributed by atoms with E-state index >= 15 is 0 Å². The van der Waals surface area contributed by atoms with E-state index in [0.717, 1.165) is 24.2 Å². The number of carbonyl (C=O) groups is 2. The van der Waals surface area contributed by atoms with E-state index in [2.05, 4.69) is 0 Å². The number of rotatable bonds is 5. The summed E-state index contributed by atoms with van der Waals surface area (Å²) in [4.78, 5) is 27.8. The smallest absolute Gasteiger partial charge is 0.247 e. The largest absolute Gasteiger partial charge is 0.497 e. The zero-order valence-corrected chi connectivity index (χ0v) is 12.4. The summed E-state index contributed by atoms with van der Waals surface area (Å²) in [6.07, 6.45) is 2.24. The van der Waals surface area contributed by atoms with Crippen LogP contribution < -0.4 is 4.74 Å². The Morgan fingerprint density at radius 1 is 1.24 bits per heavy atom. The average Bonchev–Trinajstić information content (AvgIpc) is 3.25. The Morgan fingerprint density at radius 3 is 2.48 bits per heavy atom. The minimum atomic E-state index is -0.319. The molecule has 5 heteroatoms. The molecular formula is C16H20N2O3. The van der Waals surface area contributed by atoms with Gasteiger partial charge in [-0.15, -0.1) is 0 Å². The summed E-state index contributed by atoms with van der Waals surface area (Å²) in [7, 11) is 3.53. The molecule has 3 rings (SSSR count). The Kier molecular flexibility index (Phi) is 3.68. The van der Waals surface area contributed by atoms with Crippen molar-refractivity contribution in [3.63, 3.8) is 0 Å². The summed E-state index contributed by atoms with van der Waals surface area (Å²) in [6, 6.07) is 7.62. The number of hydrogen-bond donors (Lipinski definition) is 0. The topological polar surface area (TPSA) is 49.9 Å². The molecule has 0 spiro atoms. The Bertz CT molecular complexity index is 551. The SMILES string of the molecule is COc1ccc(CN(C)C2CC(=O)N(C3CC3)C2=O)cc1.